The Morgan fingerprint density at radius 2 is 1.42 bits per heavy atom. The summed E-state index contributed by atoms with van der Waals surface area (Å²) in [5, 5.41) is 0. The van der Waals surface area contributed by atoms with Crippen LogP contribution in [0.4, 0.5) is 5.69 Å². The van der Waals surface area contributed by atoms with Crippen LogP contribution in [0, 0.1) is 18.8 Å². The molecule has 6 rings (SSSR count). The molecule has 2 saturated carbocycles. The van der Waals surface area contributed by atoms with E-state index in [2.05, 4.69) is 90.4 Å². The Labute approximate surface area is 200 Å². The topological polar surface area (TPSA) is 6.48 Å². The van der Waals surface area contributed by atoms with Gasteiger partial charge < -0.3 is 9.80 Å². The predicted molar refractivity (Wildman–Crippen MR) is 138 cm³/mol. The summed E-state index contributed by atoms with van der Waals surface area (Å²) >= 11 is 0. The first kappa shape index (κ1) is 21.1. The molecule has 2 nitrogen and oxygen atoms in total. The highest BCUT2D eigenvalue weighted by molar-refractivity contribution is 5.64. The maximum atomic E-state index is 2.91. The maximum absolute atomic E-state index is 2.91. The van der Waals surface area contributed by atoms with E-state index in [-0.39, 0.29) is 5.54 Å². The number of anilines is 1. The van der Waals surface area contributed by atoms with Gasteiger partial charge in [0.15, 0.2) is 0 Å². The second-order valence-corrected chi connectivity index (χ2v) is 10.8. The molecule has 2 aromatic carbocycles. The van der Waals surface area contributed by atoms with Crippen LogP contribution in [0.2, 0.25) is 0 Å². The van der Waals surface area contributed by atoms with Crippen molar-refractivity contribution in [3.63, 3.8) is 0 Å². The van der Waals surface area contributed by atoms with Crippen LogP contribution in [0.1, 0.15) is 75.8 Å². The van der Waals surface area contributed by atoms with Gasteiger partial charge in [-0.3, -0.25) is 0 Å². The lowest BCUT2D eigenvalue weighted by Gasteiger charge is -2.51. The average Bonchev–Trinajstić information content (AvgIpc) is 3.58. The minimum absolute atomic E-state index is 0.0199. The number of aryl methyl sites for hydroxylation is 1. The Hall–Kier alpha value is -2.48. The molecular weight excluding hydrogens is 400 g/mol. The Morgan fingerprint density at radius 3 is 2.15 bits per heavy atom. The van der Waals surface area contributed by atoms with Gasteiger partial charge in [0.05, 0.1) is 11.2 Å². The standard InChI is InChI=1S/C31H38N2/c1-23-13-9-12-20-28(23)32-24(2)29-21-22-31(27-18-10-11-19-27,26-16-7-4-8-17-26)33(29)30(32)25-14-5-3-6-15-25/h4,7-9,12-13,16-17,20-22,25,27,30H,3,5-6,10-11,14-15,18-19H2,1-2H3. The number of allylic oxidation sites excluding steroid dienone is 2. The van der Waals surface area contributed by atoms with E-state index >= 15 is 0 Å². The van der Waals surface area contributed by atoms with Crippen LogP contribution in [0.3, 0.4) is 0 Å². The molecule has 2 heteroatoms. The molecule has 0 saturated heterocycles. The molecule has 2 aliphatic carbocycles. The van der Waals surface area contributed by atoms with Crippen LogP contribution in [-0.4, -0.2) is 11.1 Å². The van der Waals surface area contributed by atoms with Crippen molar-refractivity contribution in [2.24, 2.45) is 11.8 Å². The number of para-hydroxylation sites is 1. The lowest BCUT2D eigenvalue weighted by atomic mass is 9.75. The summed E-state index contributed by atoms with van der Waals surface area (Å²) in [5.41, 5.74) is 7.15. The van der Waals surface area contributed by atoms with Crippen molar-refractivity contribution in [2.45, 2.75) is 83.3 Å². The average molecular weight is 439 g/mol. The van der Waals surface area contributed by atoms with Gasteiger partial charge in [0, 0.05) is 11.4 Å². The largest absolute Gasteiger partial charge is 0.336 e. The molecule has 0 aromatic heterocycles. The van der Waals surface area contributed by atoms with Crippen molar-refractivity contribution in [1.82, 2.24) is 4.90 Å². The minimum Gasteiger partial charge on any atom is -0.336 e. The van der Waals surface area contributed by atoms with Crippen LogP contribution >= 0.6 is 0 Å². The Morgan fingerprint density at radius 1 is 0.758 bits per heavy atom. The molecule has 2 fully saturated rings. The first-order chi connectivity index (χ1) is 16.2. The Balaban J connectivity index is 1.54. The van der Waals surface area contributed by atoms with Crippen LogP contribution in [-0.2, 0) is 5.54 Å². The van der Waals surface area contributed by atoms with E-state index in [9.17, 15) is 0 Å². The lowest BCUT2D eigenvalue weighted by molar-refractivity contribution is 0.0550. The zero-order valence-electron chi connectivity index (χ0n) is 20.3. The van der Waals surface area contributed by atoms with Crippen molar-refractivity contribution in [3.8, 4) is 0 Å². The SMILES string of the molecule is CC1=C2C=CC(c3ccccc3)(C3CCCC3)N2C(C2CCCCC2)N1c1ccccc1C. The van der Waals surface area contributed by atoms with Gasteiger partial charge in [0.2, 0.25) is 0 Å². The lowest BCUT2D eigenvalue weighted by Crippen LogP contribution is -2.56. The zero-order valence-corrected chi connectivity index (χ0v) is 20.3. The summed E-state index contributed by atoms with van der Waals surface area (Å²) in [7, 11) is 0. The highest BCUT2D eigenvalue weighted by atomic mass is 15.5. The van der Waals surface area contributed by atoms with E-state index in [1.165, 1.54) is 86.0 Å². The Bertz CT molecular complexity index is 1060. The summed E-state index contributed by atoms with van der Waals surface area (Å²) in [5.74, 6) is 1.39. The summed E-state index contributed by atoms with van der Waals surface area (Å²) in [6, 6.07) is 20.5. The zero-order chi connectivity index (χ0) is 22.4. The number of rotatable bonds is 4. The summed E-state index contributed by atoms with van der Waals surface area (Å²) in [6.07, 6.45) is 17.7. The molecule has 0 spiro atoms. The van der Waals surface area contributed by atoms with E-state index in [1.807, 2.05) is 0 Å². The highest BCUT2D eigenvalue weighted by Gasteiger charge is 2.56. The second kappa shape index (κ2) is 8.38. The van der Waals surface area contributed by atoms with Gasteiger partial charge in [-0.1, -0.05) is 86.7 Å². The molecule has 0 N–H and O–H groups in total. The smallest absolute Gasteiger partial charge is 0.110 e. The number of hydrogen-bond donors (Lipinski definition) is 0. The molecule has 2 unspecified atom stereocenters. The van der Waals surface area contributed by atoms with E-state index in [1.54, 1.807) is 0 Å². The predicted octanol–water partition coefficient (Wildman–Crippen LogP) is 7.91. The van der Waals surface area contributed by atoms with Crippen molar-refractivity contribution in [3.05, 3.63) is 89.3 Å². The normalized spacial score (nSPS) is 28.2. The summed E-state index contributed by atoms with van der Waals surface area (Å²) < 4.78 is 0. The van der Waals surface area contributed by atoms with E-state index < -0.39 is 0 Å². The number of nitrogens with zero attached hydrogens (tertiary/aromatic N) is 2. The number of benzene rings is 2. The molecule has 4 aliphatic rings. The van der Waals surface area contributed by atoms with Gasteiger partial charge in [-0.2, -0.15) is 0 Å². The second-order valence-electron chi connectivity index (χ2n) is 10.8. The third kappa shape index (κ3) is 3.21. The van der Waals surface area contributed by atoms with Gasteiger partial charge in [-0.25, -0.2) is 0 Å². The van der Waals surface area contributed by atoms with Crippen LogP contribution in [0.5, 0.6) is 0 Å². The molecule has 2 aromatic rings. The van der Waals surface area contributed by atoms with E-state index in [4.69, 9.17) is 0 Å². The Kier molecular flexibility index (Phi) is 5.35. The number of fused-ring (bicyclic) bond motifs is 1. The number of hydrogen-bond acceptors (Lipinski definition) is 2. The van der Waals surface area contributed by atoms with Gasteiger partial charge in [-0.15, -0.1) is 0 Å². The molecule has 172 valence electrons. The first-order valence-corrected chi connectivity index (χ1v) is 13.3. The molecule has 2 aliphatic heterocycles. The molecule has 2 atom stereocenters. The van der Waals surface area contributed by atoms with Crippen molar-refractivity contribution in [2.75, 3.05) is 4.90 Å². The summed E-state index contributed by atoms with van der Waals surface area (Å²) in [4.78, 5) is 5.65. The van der Waals surface area contributed by atoms with Crippen LogP contribution < -0.4 is 4.90 Å². The van der Waals surface area contributed by atoms with Gasteiger partial charge in [-0.05, 0) is 74.6 Å². The highest BCUT2D eigenvalue weighted by Crippen LogP contribution is 2.57. The molecule has 0 bridgehead atoms. The third-order valence-electron chi connectivity index (χ3n) is 9.07. The maximum Gasteiger partial charge on any atom is 0.110 e. The van der Waals surface area contributed by atoms with Crippen LogP contribution in [0.15, 0.2) is 78.1 Å². The first-order valence-electron chi connectivity index (χ1n) is 13.3. The fourth-order valence-corrected chi connectivity index (χ4v) is 7.55. The van der Waals surface area contributed by atoms with Crippen molar-refractivity contribution in [1.29, 1.82) is 0 Å². The van der Waals surface area contributed by atoms with Crippen molar-refractivity contribution >= 4 is 5.69 Å². The van der Waals surface area contributed by atoms with E-state index in [0.717, 1.165) is 0 Å². The quantitative estimate of drug-likeness (QED) is 0.478. The molecular formula is C31H38N2. The van der Waals surface area contributed by atoms with Gasteiger partial charge >= 0.3 is 0 Å². The minimum atomic E-state index is -0.0199. The van der Waals surface area contributed by atoms with Crippen LogP contribution in [0.25, 0.3) is 0 Å². The molecule has 33 heavy (non-hydrogen) atoms. The fraction of sp³-hybridized carbons (Fsp3) is 0.484. The molecule has 2 heterocycles. The van der Waals surface area contributed by atoms with Gasteiger partial charge in [0.25, 0.3) is 0 Å². The van der Waals surface area contributed by atoms with Crippen molar-refractivity contribution < 1.29 is 0 Å². The fourth-order valence-electron chi connectivity index (χ4n) is 7.55. The summed E-state index contributed by atoms with van der Waals surface area (Å²) in [6.45, 7) is 4.66. The molecule has 0 amide bonds. The third-order valence-corrected chi connectivity index (χ3v) is 9.07. The van der Waals surface area contributed by atoms with Gasteiger partial charge in [0.1, 0.15) is 6.17 Å². The monoisotopic (exact) mass is 438 g/mol. The molecule has 0 radical (unpaired) electrons. The van der Waals surface area contributed by atoms with E-state index in [0.29, 0.717) is 18.0 Å².